The predicted molar refractivity (Wildman–Crippen MR) is 74.8 cm³/mol. The van der Waals surface area contributed by atoms with Crippen molar-refractivity contribution in [1.29, 1.82) is 0 Å². The summed E-state index contributed by atoms with van der Waals surface area (Å²) in [5.74, 6) is 1.08. The molecule has 0 saturated carbocycles. The minimum atomic E-state index is -0.107. The van der Waals surface area contributed by atoms with Crippen molar-refractivity contribution in [3.63, 3.8) is 0 Å². The Morgan fingerprint density at radius 2 is 2.11 bits per heavy atom. The maximum absolute atomic E-state index is 11.9. The largest absolute Gasteiger partial charge is 0.355 e. The van der Waals surface area contributed by atoms with Crippen LogP contribution in [0.25, 0.3) is 0 Å². The van der Waals surface area contributed by atoms with E-state index in [-0.39, 0.29) is 5.91 Å². The number of halogens is 1. The molecule has 1 radical (unpaired) electrons. The van der Waals surface area contributed by atoms with Gasteiger partial charge in [-0.15, -0.1) is 0 Å². The highest BCUT2D eigenvalue weighted by Gasteiger charge is 2.17. The minimum absolute atomic E-state index is 0.107. The van der Waals surface area contributed by atoms with Gasteiger partial charge in [0.05, 0.1) is 0 Å². The molecule has 1 aromatic carbocycles. The lowest BCUT2D eigenvalue weighted by Crippen LogP contribution is -2.30. The fraction of sp³-hybridized carbons (Fsp3) is 0.214. The molecule has 5 heteroatoms. The number of carbonyl (C=O) groups is 1. The van der Waals surface area contributed by atoms with Crippen LogP contribution in [0.4, 0.5) is 0 Å². The fourth-order valence-electron chi connectivity index (χ4n) is 1.68. The molecule has 0 bridgehead atoms. The van der Waals surface area contributed by atoms with Gasteiger partial charge in [-0.1, -0.05) is 23.7 Å². The zero-order valence-electron chi connectivity index (χ0n) is 10.6. The lowest BCUT2D eigenvalue weighted by Gasteiger charge is -2.09. The van der Waals surface area contributed by atoms with Gasteiger partial charge >= 0.3 is 0 Å². The number of hydrogen-bond donors (Lipinski definition) is 2. The molecule has 0 aliphatic rings. The Balaban J connectivity index is 1.79. The molecule has 0 atom stereocenters. The Morgan fingerprint density at radius 1 is 1.37 bits per heavy atom. The first-order valence-corrected chi connectivity index (χ1v) is 6.40. The molecular weight excluding hydrogens is 262 g/mol. The zero-order chi connectivity index (χ0) is 13.7. The molecule has 2 N–H and O–H groups in total. The van der Waals surface area contributed by atoms with Gasteiger partial charge in [0, 0.05) is 24.0 Å². The Morgan fingerprint density at radius 3 is 2.74 bits per heavy atom. The summed E-state index contributed by atoms with van der Waals surface area (Å²) in [7, 11) is 0. The van der Waals surface area contributed by atoms with Gasteiger partial charge in [0.2, 0.25) is 5.91 Å². The topological polar surface area (TPSA) is 57.8 Å². The first kappa shape index (κ1) is 13.6. The molecule has 99 valence electrons. The number of aromatic nitrogens is 2. The van der Waals surface area contributed by atoms with E-state index in [1.54, 1.807) is 19.3 Å². The molecule has 1 amide bonds. The summed E-state index contributed by atoms with van der Waals surface area (Å²) in [6, 6.07) is 7.60. The molecule has 1 aromatic heterocycles. The van der Waals surface area contributed by atoms with E-state index >= 15 is 0 Å². The summed E-state index contributed by atoms with van der Waals surface area (Å²) in [5.41, 5.74) is 1.14. The molecule has 2 aromatic rings. The minimum Gasteiger partial charge on any atom is -0.355 e. The van der Waals surface area contributed by atoms with Crippen LogP contribution in [-0.4, -0.2) is 22.4 Å². The van der Waals surface area contributed by atoms with Gasteiger partial charge in [0.1, 0.15) is 11.7 Å². The van der Waals surface area contributed by atoms with Gasteiger partial charge in [0.15, 0.2) is 0 Å². The van der Waals surface area contributed by atoms with Crippen molar-refractivity contribution < 1.29 is 4.79 Å². The van der Waals surface area contributed by atoms with Gasteiger partial charge in [-0.05, 0) is 31.0 Å². The van der Waals surface area contributed by atoms with Gasteiger partial charge in [-0.25, -0.2) is 4.98 Å². The first-order valence-electron chi connectivity index (χ1n) is 6.03. The lowest BCUT2D eigenvalue weighted by atomic mass is 10.1. The van der Waals surface area contributed by atoms with Gasteiger partial charge in [-0.3, -0.25) is 4.79 Å². The zero-order valence-corrected chi connectivity index (χ0v) is 11.4. The third-order valence-electron chi connectivity index (χ3n) is 2.81. The lowest BCUT2D eigenvalue weighted by molar-refractivity contribution is -0.118. The Hall–Kier alpha value is -1.81. The molecule has 1 heterocycles. The van der Waals surface area contributed by atoms with Crippen LogP contribution in [0.1, 0.15) is 18.3 Å². The monoisotopic (exact) mass is 276 g/mol. The second-order valence-corrected chi connectivity index (χ2v) is 4.63. The second kappa shape index (κ2) is 6.38. The molecule has 19 heavy (non-hydrogen) atoms. The molecule has 2 rings (SSSR count). The van der Waals surface area contributed by atoms with E-state index in [1.165, 1.54) is 0 Å². The van der Waals surface area contributed by atoms with Crippen molar-refractivity contribution in [3.8, 4) is 0 Å². The molecule has 0 saturated heterocycles. The molecule has 0 aliphatic heterocycles. The molecule has 0 spiro atoms. The van der Waals surface area contributed by atoms with Gasteiger partial charge < -0.3 is 10.3 Å². The van der Waals surface area contributed by atoms with Crippen LogP contribution in [-0.2, 0) is 11.2 Å². The highest BCUT2D eigenvalue weighted by molar-refractivity contribution is 6.30. The van der Waals surface area contributed by atoms with Crippen molar-refractivity contribution in [2.45, 2.75) is 13.3 Å². The van der Waals surface area contributed by atoms with Crippen LogP contribution in [0, 0.1) is 5.92 Å². The van der Waals surface area contributed by atoms with Crippen molar-refractivity contribution >= 4 is 17.5 Å². The molecule has 0 fully saturated rings. The third-order valence-corrected chi connectivity index (χ3v) is 3.06. The number of amides is 1. The average Bonchev–Trinajstić information content (AvgIpc) is 2.94. The number of aromatic amines is 1. The van der Waals surface area contributed by atoms with Gasteiger partial charge in [-0.2, -0.15) is 0 Å². The van der Waals surface area contributed by atoms with E-state index in [1.807, 2.05) is 24.3 Å². The quantitative estimate of drug-likeness (QED) is 0.881. The standard InChI is InChI=1S/C14H15ClN3O/c1-10(13-16-8-9-17-13)14(19)18-7-6-11-2-4-12(15)5-3-11/h2-5,8-9H,6-7H2,1H3,(H,16,17)(H,18,19). The summed E-state index contributed by atoms with van der Waals surface area (Å²) < 4.78 is 0. The maximum Gasteiger partial charge on any atom is 0.235 e. The van der Waals surface area contributed by atoms with Crippen molar-refractivity contribution in [3.05, 3.63) is 59.0 Å². The van der Waals surface area contributed by atoms with Crippen LogP contribution < -0.4 is 5.32 Å². The number of rotatable bonds is 5. The van der Waals surface area contributed by atoms with Crippen molar-refractivity contribution in [1.82, 2.24) is 15.3 Å². The fourth-order valence-corrected chi connectivity index (χ4v) is 1.81. The van der Waals surface area contributed by atoms with E-state index in [0.717, 1.165) is 17.0 Å². The summed E-state index contributed by atoms with van der Waals surface area (Å²) in [4.78, 5) is 18.8. The molecule has 4 nitrogen and oxygen atoms in total. The van der Waals surface area contributed by atoms with Crippen molar-refractivity contribution in [2.75, 3.05) is 6.54 Å². The van der Waals surface area contributed by atoms with Crippen LogP contribution >= 0.6 is 11.6 Å². The number of imidazole rings is 1. The number of H-pyrrole nitrogens is 1. The van der Waals surface area contributed by atoms with E-state index in [4.69, 9.17) is 11.6 Å². The maximum atomic E-state index is 11.9. The molecule has 0 unspecified atom stereocenters. The summed E-state index contributed by atoms with van der Waals surface area (Å²) >= 11 is 5.81. The van der Waals surface area contributed by atoms with E-state index in [0.29, 0.717) is 18.3 Å². The van der Waals surface area contributed by atoms with E-state index in [9.17, 15) is 4.79 Å². The number of hydrogen-bond acceptors (Lipinski definition) is 2. The number of nitrogens with one attached hydrogen (secondary N) is 2. The Labute approximate surface area is 117 Å². The summed E-state index contributed by atoms with van der Waals surface area (Å²) in [5, 5.41) is 3.58. The summed E-state index contributed by atoms with van der Waals surface area (Å²) in [6.07, 6.45) is 4.09. The summed E-state index contributed by atoms with van der Waals surface area (Å²) in [6.45, 7) is 2.33. The third kappa shape index (κ3) is 3.83. The van der Waals surface area contributed by atoms with Crippen LogP contribution in [0.15, 0.2) is 36.7 Å². The first-order chi connectivity index (χ1) is 9.16. The number of benzene rings is 1. The van der Waals surface area contributed by atoms with Crippen LogP contribution in [0.5, 0.6) is 0 Å². The predicted octanol–water partition coefficient (Wildman–Crippen LogP) is 2.36. The van der Waals surface area contributed by atoms with Crippen LogP contribution in [0.3, 0.4) is 0 Å². The molecular formula is C14H15ClN3O. The second-order valence-electron chi connectivity index (χ2n) is 4.20. The SMILES string of the molecule is C[C](C(=O)NCCc1ccc(Cl)cc1)c1ncc[nH]1. The Bertz CT molecular complexity index is 522. The highest BCUT2D eigenvalue weighted by Crippen LogP contribution is 2.10. The van der Waals surface area contributed by atoms with Gasteiger partial charge in [0.25, 0.3) is 0 Å². The van der Waals surface area contributed by atoms with E-state index in [2.05, 4.69) is 15.3 Å². The van der Waals surface area contributed by atoms with Crippen LogP contribution in [0.2, 0.25) is 5.02 Å². The number of nitrogens with zero attached hydrogens (tertiary/aromatic N) is 1. The number of carbonyl (C=O) groups excluding carboxylic acids is 1. The average molecular weight is 277 g/mol. The van der Waals surface area contributed by atoms with Crippen molar-refractivity contribution in [2.24, 2.45) is 0 Å². The Kier molecular flexibility index (Phi) is 4.58. The normalized spacial score (nSPS) is 10.7. The smallest absolute Gasteiger partial charge is 0.235 e. The molecule has 0 aliphatic carbocycles. The highest BCUT2D eigenvalue weighted by atomic mass is 35.5. The van der Waals surface area contributed by atoms with E-state index < -0.39 is 0 Å².